The summed E-state index contributed by atoms with van der Waals surface area (Å²) in [5.41, 5.74) is 1.99. The van der Waals surface area contributed by atoms with Gasteiger partial charge in [0.1, 0.15) is 0 Å². The van der Waals surface area contributed by atoms with E-state index in [9.17, 15) is 4.79 Å². The summed E-state index contributed by atoms with van der Waals surface area (Å²) in [4.78, 5) is 11.9. The first kappa shape index (κ1) is 15.2. The Kier molecular flexibility index (Phi) is 6.39. The van der Waals surface area contributed by atoms with Gasteiger partial charge in [-0.25, -0.2) is 0 Å². The molecule has 98 valence electrons. The molecule has 2 rings (SSSR count). The van der Waals surface area contributed by atoms with E-state index >= 15 is 0 Å². The number of carbonyl (C=O) groups is 1. The normalized spacial score (nSPS) is 14.4. The van der Waals surface area contributed by atoms with Crippen LogP contribution in [0.25, 0.3) is 0 Å². The Balaban J connectivity index is 0.00000162. The van der Waals surface area contributed by atoms with Gasteiger partial charge in [-0.05, 0) is 31.2 Å². The van der Waals surface area contributed by atoms with Crippen molar-refractivity contribution in [3.8, 4) is 0 Å². The number of hydrogen-bond acceptors (Lipinski definition) is 2. The maximum absolute atomic E-state index is 11.9. The molecule has 0 spiro atoms. The fourth-order valence-electron chi connectivity index (χ4n) is 1.76. The molecule has 0 saturated carbocycles. The van der Waals surface area contributed by atoms with Gasteiger partial charge in [-0.15, -0.1) is 12.4 Å². The number of rotatable bonds is 3. The zero-order valence-corrected chi connectivity index (χ0v) is 12.3. The van der Waals surface area contributed by atoms with Crippen LogP contribution in [0.2, 0.25) is 0 Å². The van der Waals surface area contributed by atoms with Crippen molar-refractivity contribution in [3.05, 3.63) is 46.0 Å². The van der Waals surface area contributed by atoms with E-state index in [1.807, 2.05) is 24.3 Å². The Hall–Kier alpha value is -0.840. The van der Waals surface area contributed by atoms with Gasteiger partial charge in [0.2, 0.25) is 0 Å². The zero-order valence-electron chi connectivity index (χ0n) is 9.91. The quantitative estimate of drug-likeness (QED) is 0.836. The van der Waals surface area contributed by atoms with E-state index in [0.717, 1.165) is 24.0 Å². The lowest BCUT2D eigenvalue weighted by atomic mass is 10.1. The summed E-state index contributed by atoms with van der Waals surface area (Å²) >= 11 is 3.36. The number of benzene rings is 1. The molecular formula is C13H16BrClN2O. The molecule has 1 aliphatic rings. The van der Waals surface area contributed by atoms with Gasteiger partial charge in [0.25, 0.3) is 5.91 Å². The minimum atomic E-state index is -0.0225. The second kappa shape index (κ2) is 7.56. The van der Waals surface area contributed by atoms with Crippen LogP contribution < -0.4 is 10.6 Å². The van der Waals surface area contributed by atoms with Crippen LogP contribution in [0.3, 0.4) is 0 Å². The summed E-state index contributed by atoms with van der Waals surface area (Å²) < 4.78 is 0.922. The fourth-order valence-corrected chi connectivity index (χ4v) is 2.15. The summed E-state index contributed by atoms with van der Waals surface area (Å²) in [5, 5.41) is 6.19. The number of halogens is 2. The fraction of sp³-hybridized carbons (Fsp3) is 0.308. The van der Waals surface area contributed by atoms with Gasteiger partial charge < -0.3 is 10.6 Å². The first-order valence-corrected chi connectivity index (χ1v) is 6.47. The molecule has 0 bridgehead atoms. The van der Waals surface area contributed by atoms with Crippen LogP contribution in [0.15, 0.2) is 40.4 Å². The molecule has 0 aromatic heterocycles. The third-order valence-electron chi connectivity index (χ3n) is 2.72. The van der Waals surface area contributed by atoms with E-state index in [1.54, 1.807) is 0 Å². The summed E-state index contributed by atoms with van der Waals surface area (Å²) in [6.07, 6.45) is 3.16. The van der Waals surface area contributed by atoms with Crippen LogP contribution >= 0.6 is 28.3 Å². The maximum Gasteiger partial charge on any atom is 0.251 e. The van der Waals surface area contributed by atoms with Crippen molar-refractivity contribution in [3.63, 3.8) is 0 Å². The predicted octanol–water partition coefficient (Wildman–Crippen LogP) is 2.52. The van der Waals surface area contributed by atoms with Gasteiger partial charge in [0.15, 0.2) is 0 Å². The molecule has 0 radical (unpaired) electrons. The van der Waals surface area contributed by atoms with Gasteiger partial charge in [-0.1, -0.05) is 33.6 Å². The first-order chi connectivity index (χ1) is 8.25. The first-order valence-electron chi connectivity index (χ1n) is 5.68. The van der Waals surface area contributed by atoms with Crippen molar-refractivity contribution in [2.75, 3.05) is 19.6 Å². The van der Waals surface area contributed by atoms with E-state index in [0.29, 0.717) is 12.1 Å². The molecule has 1 heterocycles. The lowest BCUT2D eigenvalue weighted by molar-refractivity contribution is 0.0956. The number of carbonyl (C=O) groups excluding carboxylic acids is 1. The molecule has 0 atom stereocenters. The minimum absolute atomic E-state index is 0. The highest BCUT2D eigenvalue weighted by molar-refractivity contribution is 9.10. The van der Waals surface area contributed by atoms with E-state index in [-0.39, 0.29) is 18.3 Å². The van der Waals surface area contributed by atoms with Crippen LogP contribution in [0.1, 0.15) is 16.8 Å². The average molecular weight is 332 g/mol. The lowest BCUT2D eigenvalue weighted by Crippen LogP contribution is -2.29. The molecule has 2 N–H and O–H groups in total. The van der Waals surface area contributed by atoms with Gasteiger partial charge in [-0.2, -0.15) is 0 Å². The zero-order chi connectivity index (χ0) is 12.1. The van der Waals surface area contributed by atoms with Crippen LogP contribution in [0.5, 0.6) is 0 Å². The Morgan fingerprint density at radius 2 is 2.28 bits per heavy atom. The topological polar surface area (TPSA) is 41.1 Å². The largest absolute Gasteiger partial charge is 0.348 e. The summed E-state index contributed by atoms with van der Waals surface area (Å²) in [6, 6.07) is 7.41. The molecule has 1 amide bonds. The lowest BCUT2D eigenvalue weighted by Gasteiger charge is -2.14. The van der Waals surface area contributed by atoms with Gasteiger partial charge in [0, 0.05) is 23.1 Å². The van der Waals surface area contributed by atoms with Gasteiger partial charge in [0.05, 0.1) is 0 Å². The van der Waals surface area contributed by atoms with Crippen LogP contribution in [0, 0.1) is 0 Å². The van der Waals surface area contributed by atoms with Crippen molar-refractivity contribution < 1.29 is 4.79 Å². The highest BCUT2D eigenvalue weighted by Crippen LogP contribution is 2.11. The molecule has 0 unspecified atom stereocenters. The number of hydrogen-bond donors (Lipinski definition) is 2. The predicted molar refractivity (Wildman–Crippen MR) is 79.3 cm³/mol. The van der Waals surface area contributed by atoms with Crippen molar-refractivity contribution in [2.24, 2.45) is 0 Å². The molecule has 0 fully saturated rings. The van der Waals surface area contributed by atoms with E-state index in [4.69, 9.17) is 0 Å². The smallest absolute Gasteiger partial charge is 0.251 e. The van der Waals surface area contributed by atoms with Crippen LogP contribution in [0.4, 0.5) is 0 Å². The van der Waals surface area contributed by atoms with Crippen LogP contribution in [-0.4, -0.2) is 25.5 Å². The third kappa shape index (κ3) is 4.44. The van der Waals surface area contributed by atoms with Crippen molar-refractivity contribution in [1.29, 1.82) is 0 Å². The van der Waals surface area contributed by atoms with Crippen molar-refractivity contribution >= 4 is 34.2 Å². The average Bonchev–Trinajstić information content (AvgIpc) is 2.37. The Bertz CT molecular complexity index is 448. The van der Waals surface area contributed by atoms with E-state index in [1.165, 1.54) is 5.57 Å². The Labute approximate surface area is 122 Å². The highest BCUT2D eigenvalue weighted by atomic mass is 79.9. The molecule has 1 aromatic carbocycles. The van der Waals surface area contributed by atoms with Crippen molar-refractivity contribution in [1.82, 2.24) is 10.6 Å². The molecule has 3 nitrogen and oxygen atoms in total. The molecule has 1 aromatic rings. The second-order valence-corrected chi connectivity index (χ2v) is 4.93. The Morgan fingerprint density at radius 3 is 2.94 bits per heavy atom. The molecular weight excluding hydrogens is 316 g/mol. The molecule has 5 heteroatoms. The molecule has 0 saturated heterocycles. The third-order valence-corrected chi connectivity index (χ3v) is 3.21. The van der Waals surface area contributed by atoms with E-state index < -0.39 is 0 Å². The monoisotopic (exact) mass is 330 g/mol. The summed E-state index contributed by atoms with van der Waals surface area (Å²) in [5.74, 6) is -0.0225. The Morgan fingerprint density at radius 1 is 1.44 bits per heavy atom. The van der Waals surface area contributed by atoms with Gasteiger partial charge in [-0.3, -0.25) is 4.79 Å². The highest BCUT2D eigenvalue weighted by Gasteiger charge is 2.07. The number of nitrogens with one attached hydrogen (secondary N) is 2. The van der Waals surface area contributed by atoms with Crippen LogP contribution in [-0.2, 0) is 0 Å². The van der Waals surface area contributed by atoms with Gasteiger partial charge >= 0.3 is 0 Å². The molecule has 0 aliphatic carbocycles. The summed E-state index contributed by atoms with van der Waals surface area (Å²) in [6.45, 7) is 2.55. The molecule has 1 aliphatic heterocycles. The molecule has 18 heavy (non-hydrogen) atoms. The SMILES string of the molecule is Cl.O=C(NCC1=CCNCC1)c1cccc(Br)c1. The summed E-state index contributed by atoms with van der Waals surface area (Å²) in [7, 11) is 0. The van der Waals surface area contributed by atoms with Crippen molar-refractivity contribution in [2.45, 2.75) is 6.42 Å². The minimum Gasteiger partial charge on any atom is -0.348 e. The maximum atomic E-state index is 11.9. The number of amides is 1. The standard InChI is InChI=1S/C13H15BrN2O.ClH/c14-12-3-1-2-11(8-12)13(17)16-9-10-4-6-15-7-5-10;/h1-4,8,15H,5-7,9H2,(H,16,17);1H. The second-order valence-electron chi connectivity index (χ2n) is 4.01. The van der Waals surface area contributed by atoms with E-state index in [2.05, 4.69) is 32.6 Å².